The minimum Gasteiger partial charge on any atom is -0.288 e. The fraction of sp³-hybridized carbons (Fsp3) is 0.462. The molecule has 1 aromatic carbocycles. The first-order valence-corrected chi connectivity index (χ1v) is 6.83. The molecular weight excluding hydrogens is 297 g/mol. The molecule has 0 aliphatic heterocycles. The molecule has 1 aromatic rings. The highest BCUT2D eigenvalue weighted by Crippen LogP contribution is 2.27. The van der Waals surface area contributed by atoms with Gasteiger partial charge in [-0.25, -0.2) is 0 Å². The summed E-state index contributed by atoms with van der Waals surface area (Å²) in [6.45, 7) is 0. The molecule has 1 fully saturated rings. The molecule has 1 aliphatic carbocycles. The van der Waals surface area contributed by atoms with Crippen molar-refractivity contribution in [2.75, 3.05) is 0 Å². The number of halogens is 1. The fourth-order valence-electron chi connectivity index (χ4n) is 1.95. The Labute approximate surface area is 105 Å². The molecule has 0 bridgehead atoms. The van der Waals surface area contributed by atoms with Gasteiger partial charge in [-0.05, 0) is 18.4 Å². The van der Waals surface area contributed by atoms with Crippen molar-refractivity contribution >= 4 is 28.8 Å². The molecule has 80 valence electrons. The molecule has 0 saturated heterocycles. The number of hydrogen-bond donors (Lipinski definition) is 0. The smallest absolute Gasteiger partial charge is 0.0617 e. The molecule has 2 heteroatoms. The zero-order valence-electron chi connectivity index (χ0n) is 8.77. The molecule has 0 radical (unpaired) electrons. The number of aliphatic imine (C=N–C) groups is 1. The predicted molar refractivity (Wildman–Crippen MR) is 74.1 cm³/mol. The van der Waals surface area contributed by atoms with Crippen LogP contribution >= 0.6 is 22.6 Å². The van der Waals surface area contributed by atoms with Gasteiger partial charge in [-0.1, -0.05) is 65.8 Å². The lowest BCUT2D eigenvalue weighted by molar-refractivity contribution is 0.468. The van der Waals surface area contributed by atoms with Crippen LogP contribution < -0.4 is 0 Å². The van der Waals surface area contributed by atoms with Crippen LogP contribution in [0.3, 0.4) is 0 Å². The van der Waals surface area contributed by atoms with Gasteiger partial charge in [0, 0.05) is 10.1 Å². The quantitative estimate of drug-likeness (QED) is 0.447. The predicted octanol–water partition coefficient (Wildman–Crippen LogP) is 3.85. The van der Waals surface area contributed by atoms with Gasteiger partial charge in [-0.2, -0.15) is 0 Å². The van der Waals surface area contributed by atoms with Crippen molar-refractivity contribution in [3.05, 3.63) is 35.9 Å². The maximum Gasteiger partial charge on any atom is 0.0617 e. The van der Waals surface area contributed by atoms with Gasteiger partial charge in [-0.3, -0.25) is 4.99 Å². The van der Waals surface area contributed by atoms with E-state index in [9.17, 15) is 0 Å². The number of rotatable bonds is 2. The molecule has 0 aromatic heterocycles. The first-order valence-electron chi connectivity index (χ1n) is 5.58. The summed E-state index contributed by atoms with van der Waals surface area (Å²) in [5, 5.41) is 0. The average molecular weight is 313 g/mol. The molecule has 1 nitrogen and oxygen atoms in total. The second-order valence-electron chi connectivity index (χ2n) is 4.06. The van der Waals surface area contributed by atoms with E-state index in [1.54, 1.807) is 0 Å². The SMILES string of the molecule is I[C@@H]1CCCC[C@@H]1N=Cc1ccccc1. The highest BCUT2D eigenvalue weighted by atomic mass is 127. The summed E-state index contributed by atoms with van der Waals surface area (Å²) < 4.78 is 0.733. The van der Waals surface area contributed by atoms with Crippen molar-refractivity contribution in [2.24, 2.45) is 4.99 Å². The highest BCUT2D eigenvalue weighted by Gasteiger charge is 2.20. The van der Waals surface area contributed by atoms with Crippen molar-refractivity contribution in [1.82, 2.24) is 0 Å². The van der Waals surface area contributed by atoms with E-state index in [4.69, 9.17) is 4.99 Å². The van der Waals surface area contributed by atoms with E-state index in [2.05, 4.69) is 46.9 Å². The monoisotopic (exact) mass is 313 g/mol. The molecule has 1 aliphatic rings. The number of alkyl halides is 1. The Hall–Kier alpha value is -0.380. The van der Waals surface area contributed by atoms with Crippen molar-refractivity contribution in [1.29, 1.82) is 0 Å². The average Bonchev–Trinajstić information content (AvgIpc) is 2.29. The van der Waals surface area contributed by atoms with Crippen molar-refractivity contribution in [3.8, 4) is 0 Å². The summed E-state index contributed by atoms with van der Waals surface area (Å²) in [5.41, 5.74) is 1.21. The Kier molecular flexibility index (Phi) is 4.18. The van der Waals surface area contributed by atoms with E-state index >= 15 is 0 Å². The minimum absolute atomic E-state index is 0.541. The number of hydrogen-bond acceptors (Lipinski definition) is 1. The third kappa shape index (κ3) is 3.30. The van der Waals surface area contributed by atoms with Gasteiger partial charge in [0.2, 0.25) is 0 Å². The fourth-order valence-corrected chi connectivity index (χ4v) is 2.94. The van der Waals surface area contributed by atoms with Crippen LogP contribution in [0.1, 0.15) is 31.2 Å². The molecule has 0 unspecified atom stereocenters. The van der Waals surface area contributed by atoms with Crippen LogP contribution in [-0.4, -0.2) is 16.2 Å². The van der Waals surface area contributed by atoms with Crippen LogP contribution in [0.25, 0.3) is 0 Å². The van der Waals surface area contributed by atoms with Crippen molar-refractivity contribution in [2.45, 2.75) is 35.6 Å². The lowest BCUT2D eigenvalue weighted by atomic mass is 9.96. The molecule has 15 heavy (non-hydrogen) atoms. The van der Waals surface area contributed by atoms with E-state index in [1.165, 1.54) is 31.2 Å². The Morgan fingerprint density at radius 2 is 1.87 bits per heavy atom. The van der Waals surface area contributed by atoms with Crippen LogP contribution in [0.5, 0.6) is 0 Å². The van der Waals surface area contributed by atoms with Gasteiger partial charge >= 0.3 is 0 Å². The third-order valence-corrected chi connectivity index (χ3v) is 4.31. The summed E-state index contributed by atoms with van der Waals surface area (Å²) in [5.74, 6) is 0. The van der Waals surface area contributed by atoms with E-state index in [1.807, 2.05) is 12.3 Å². The van der Waals surface area contributed by atoms with Gasteiger partial charge in [0.15, 0.2) is 0 Å². The largest absolute Gasteiger partial charge is 0.288 e. The van der Waals surface area contributed by atoms with Crippen LogP contribution in [0, 0.1) is 0 Å². The van der Waals surface area contributed by atoms with E-state index in [0.29, 0.717) is 6.04 Å². The molecule has 0 heterocycles. The molecule has 0 N–H and O–H groups in total. The standard InChI is InChI=1S/C13H16IN/c14-12-8-4-5-9-13(12)15-10-11-6-2-1-3-7-11/h1-3,6-7,10,12-13H,4-5,8-9H2/t12-,13+/m1/s1. The maximum atomic E-state index is 4.70. The lowest BCUT2D eigenvalue weighted by Crippen LogP contribution is -2.22. The zero-order chi connectivity index (χ0) is 10.5. The topological polar surface area (TPSA) is 12.4 Å². The van der Waals surface area contributed by atoms with Gasteiger partial charge in [-0.15, -0.1) is 0 Å². The maximum absolute atomic E-state index is 4.70. The zero-order valence-corrected chi connectivity index (χ0v) is 10.9. The molecular formula is C13H16IN. The summed E-state index contributed by atoms with van der Waals surface area (Å²) in [6.07, 6.45) is 7.34. The van der Waals surface area contributed by atoms with E-state index in [0.717, 1.165) is 3.92 Å². The first-order chi connectivity index (χ1) is 7.36. The molecule has 0 spiro atoms. The Balaban J connectivity index is 1.98. The summed E-state index contributed by atoms with van der Waals surface area (Å²) in [4.78, 5) is 4.70. The first kappa shape index (κ1) is 11.1. The Morgan fingerprint density at radius 1 is 1.13 bits per heavy atom. The Morgan fingerprint density at radius 3 is 2.60 bits per heavy atom. The van der Waals surface area contributed by atoms with Gasteiger partial charge < -0.3 is 0 Å². The van der Waals surface area contributed by atoms with E-state index < -0.39 is 0 Å². The van der Waals surface area contributed by atoms with Crippen LogP contribution in [0.4, 0.5) is 0 Å². The number of nitrogens with zero attached hydrogens (tertiary/aromatic N) is 1. The summed E-state index contributed by atoms with van der Waals surface area (Å²) in [6, 6.07) is 10.9. The van der Waals surface area contributed by atoms with Gasteiger partial charge in [0.25, 0.3) is 0 Å². The number of benzene rings is 1. The van der Waals surface area contributed by atoms with Crippen LogP contribution in [-0.2, 0) is 0 Å². The normalized spacial score (nSPS) is 27.0. The molecule has 2 atom stereocenters. The third-order valence-electron chi connectivity index (χ3n) is 2.86. The highest BCUT2D eigenvalue weighted by molar-refractivity contribution is 14.1. The molecule has 0 amide bonds. The second kappa shape index (κ2) is 5.64. The van der Waals surface area contributed by atoms with E-state index in [-0.39, 0.29) is 0 Å². The summed E-state index contributed by atoms with van der Waals surface area (Å²) in [7, 11) is 0. The Bertz CT molecular complexity index is 321. The van der Waals surface area contributed by atoms with Crippen LogP contribution in [0.15, 0.2) is 35.3 Å². The summed E-state index contributed by atoms with van der Waals surface area (Å²) >= 11 is 2.55. The van der Waals surface area contributed by atoms with Gasteiger partial charge in [0.1, 0.15) is 0 Å². The van der Waals surface area contributed by atoms with Gasteiger partial charge in [0.05, 0.1) is 6.04 Å². The molecule has 2 rings (SSSR count). The second-order valence-corrected chi connectivity index (χ2v) is 5.66. The van der Waals surface area contributed by atoms with Crippen LogP contribution in [0.2, 0.25) is 0 Å². The lowest BCUT2D eigenvalue weighted by Gasteiger charge is -2.23. The van der Waals surface area contributed by atoms with Crippen molar-refractivity contribution < 1.29 is 0 Å². The minimum atomic E-state index is 0.541. The molecule has 1 saturated carbocycles. The van der Waals surface area contributed by atoms with Crippen molar-refractivity contribution in [3.63, 3.8) is 0 Å².